The molecule has 1 heterocycles. The van der Waals surface area contributed by atoms with E-state index in [-0.39, 0.29) is 30.6 Å². The summed E-state index contributed by atoms with van der Waals surface area (Å²) in [5.74, 6) is -5.02. The van der Waals surface area contributed by atoms with Crippen LogP contribution in [0.25, 0.3) is 10.9 Å². The fourth-order valence-corrected chi connectivity index (χ4v) is 5.20. The first kappa shape index (κ1) is 34.0. The summed E-state index contributed by atoms with van der Waals surface area (Å²) in [4.78, 5) is 58.4. The summed E-state index contributed by atoms with van der Waals surface area (Å²) in [6, 6.07) is 17.5. The molecule has 4 atom stereocenters. The minimum atomic E-state index is -1.57. The first-order valence-corrected chi connectivity index (χ1v) is 14.7. The Morgan fingerprint density at radius 2 is 1.52 bits per heavy atom. The number of fused-ring (bicyclic) bond motifs is 1. The van der Waals surface area contributed by atoms with Crippen LogP contribution in [0, 0.1) is 17.8 Å². The smallest absolute Gasteiger partial charge is 0.317 e. The lowest BCUT2D eigenvalue weighted by atomic mass is 9.77. The molecule has 0 fully saturated rings. The number of nitrogens with two attached hydrogens (primary N) is 2. The van der Waals surface area contributed by atoms with E-state index in [9.17, 15) is 24.3 Å². The van der Waals surface area contributed by atoms with Crippen LogP contribution >= 0.6 is 0 Å². The molecule has 2 aromatic carbocycles. The number of aromatic nitrogens is 1. The van der Waals surface area contributed by atoms with Crippen LogP contribution in [0.5, 0.6) is 0 Å². The highest BCUT2D eigenvalue weighted by Crippen LogP contribution is 2.27. The summed E-state index contributed by atoms with van der Waals surface area (Å²) in [6.45, 7) is 9.59. The molecule has 11 nitrogen and oxygen atoms in total. The Bertz CT molecular complexity index is 1460. The van der Waals surface area contributed by atoms with Crippen molar-refractivity contribution in [2.45, 2.75) is 58.7 Å². The van der Waals surface area contributed by atoms with Crippen molar-refractivity contribution in [3.05, 3.63) is 78.0 Å². The number of primary amides is 2. The molecule has 4 unspecified atom stereocenters. The van der Waals surface area contributed by atoms with Crippen LogP contribution < -0.4 is 22.1 Å². The van der Waals surface area contributed by atoms with Gasteiger partial charge in [0.1, 0.15) is 11.7 Å². The fourth-order valence-electron chi connectivity index (χ4n) is 5.20. The van der Waals surface area contributed by atoms with Gasteiger partial charge in [-0.3, -0.25) is 14.4 Å². The van der Waals surface area contributed by atoms with Gasteiger partial charge in [0.05, 0.1) is 17.5 Å². The van der Waals surface area contributed by atoms with Gasteiger partial charge in [0.15, 0.2) is 0 Å². The van der Waals surface area contributed by atoms with Gasteiger partial charge in [0.25, 0.3) is 5.91 Å². The van der Waals surface area contributed by atoms with Crippen LogP contribution in [0.15, 0.2) is 66.7 Å². The van der Waals surface area contributed by atoms with Crippen LogP contribution in [0.3, 0.4) is 0 Å². The van der Waals surface area contributed by atoms with E-state index in [2.05, 4.69) is 15.6 Å². The maximum absolute atomic E-state index is 13.3. The number of para-hydroxylation sites is 1. The lowest BCUT2D eigenvalue weighted by molar-refractivity contribution is -0.132. The second-order valence-electron chi connectivity index (χ2n) is 12.6. The van der Waals surface area contributed by atoms with Crippen molar-refractivity contribution in [3.63, 3.8) is 0 Å². The molecular weight excluding hydrogens is 560 g/mol. The zero-order chi connectivity index (χ0) is 32.6. The first-order chi connectivity index (χ1) is 20.7. The summed E-state index contributed by atoms with van der Waals surface area (Å²) in [5, 5.41) is 18.0. The molecule has 11 heteroatoms. The van der Waals surface area contributed by atoms with Crippen LogP contribution in [-0.2, 0) is 16.0 Å². The average Bonchev–Trinajstić information content (AvgIpc) is 2.94. The molecule has 0 radical (unpaired) electrons. The number of urea groups is 1. The van der Waals surface area contributed by atoms with E-state index < -0.39 is 47.2 Å². The zero-order valence-electron chi connectivity index (χ0n) is 26.0. The van der Waals surface area contributed by atoms with Gasteiger partial charge in [-0.25, -0.2) is 9.78 Å². The molecule has 0 aliphatic carbocycles. The number of amides is 5. The predicted molar refractivity (Wildman–Crippen MR) is 169 cm³/mol. The van der Waals surface area contributed by atoms with Crippen LogP contribution in [0.1, 0.15) is 50.7 Å². The molecule has 7 N–H and O–H groups in total. The Balaban J connectivity index is 1.99. The lowest BCUT2D eigenvalue weighted by Crippen LogP contribution is -2.58. The molecule has 0 aliphatic rings. The second kappa shape index (κ2) is 14.8. The largest absolute Gasteiger partial charge is 0.391 e. The maximum atomic E-state index is 13.3. The van der Waals surface area contributed by atoms with E-state index in [1.165, 1.54) is 11.0 Å². The number of pyridine rings is 1. The van der Waals surface area contributed by atoms with Crippen molar-refractivity contribution in [2.24, 2.45) is 29.2 Å². The van der Waals surface area contributed by atoms with E-state index in [0.717, 1.165) is 10.9 Å². The first-order valence-electron chi connectivity index (χ1n) is 14.7. The van der Waals surface area contributed by atoms with Crippen molar-refractivity contribution >= 4 is 34.7 Å². The van der Waals surface area contributed by atoms with Gasteiger partial charge in [-0.2, -0.15) is 0 Å². The summed E-state index contributed by atoms with van der Waals surface area (Å²) in [7, 11) is 0. The highest BCUT2D eigenvalue weighted by atomic mass is 16.3. The van der Waals surface area contributed by atoms with E-state index >= 15 is 0 Å². The molecule has 3 rings (SSSR count). The lowest BCUT2D eigenvalue weighted by Gasteiger charge is -2.37. The Morgan fingerprint density at radius 1 is 0.886 bits per heavy atom. The molecule has 0 saturated heterocycles. The SMILES string of the molecule is CC(C)CN(CC(O)C(Cc1ccccc1)C(C(N)=O)C(NC(=O)c1ccc2ccccc2n1)C(N)=O)C(=O)NC(C)(C)C. The number of benzene rings is 2. The number of aliphatic hydroxyl groups excluding tert-OH is 1. The molecule has 44 heavy (non-hydrogen) atoms. The number of nitrogens with one attached hydrogen (secondary N) is 2. The Kier molecular flexibility index (Phi) is 11.4. The molecular formula is C33H44N6O5. The minimum Gasteiger partial charge on any atom is -0.391 e. The Hall–Kier alpha value is -4.51. The van der Waals surface area contributed by atoms with Crippen molar-refractivity contribution in [1.29, 1.82) is 0 Å². The van der Waals surface area contributed by atoms with Gasteiger partial charge >= 0.3 is 6.03 Å². The molecule has 0 spiro atoms. The number of carbonyl (C=O) groups excluding carboxylic acids is 4. The van der Waals surface area contributed by atoms with Crippen LogP contribution in [0.4, 0.5) is 4.79 Å². The standard InChI is InChI=1S/C33H44N6O5/c1-20(2)18-39(32(44)38-33(3,4)5)19-26(40)23(17-21-11-7-6-8-12-21)27(29(34)41)28(30(35)42)37-31(43)25-16-15-22-13-9-10-14-24(22)36-25/h6-16,20,23,26-28,40H,17-19H2,1-5H3,(H2,34,41)(H2,35,42)(H,37,43)(H,38,44). The average molecular weight is 605 g/mol. The fraction of sp³-hybridized carbons (Fsp3) is 0.424. The van der Waals surface area contributed by atoms with Crippen LogP contribution in [-0.4, -0.2) is 69.5 Å². The van der Waals surface area contributed by atoms with Crippen molar-refractivity contribution < 1.29 is 24.3 Å². The normalized spacial score (nSPS) is 14.3. The summed E-state index contributed by atoms with van der Waals surface area (Å²) in [6.07, 6.45) is -1.21. The van der Waals surface area contributed by atoms with E-state index in [1.807, 2.05) is 65.0 Å². The Morgan fingerprint density at radius 3 is 2.11 bits per heavy atom. The van der Waals surface area contributed by atoms with E-state index in [0.29, 0.717) is 12.1 Å². The number of aliphatic hydroxyl groups is 1. The Labute approximate surface area is 258 Å². The number of rotatable bonds is 13. The highest BCUT2D eigenvalue weighted by Gasteiger charge is 2.42. The topological polar surface area (TPSA) is 181 Å². The third-order valence-corrected chi connectivity index (χ3v) is 7.14. The van der Waals surface area contributed by atoms with Gasteiger partial charge in [-0.1, -0.05) is 68.4 Å². The summed E-state index contributed by atoms with van der Waals surface area (Å²) in [5.41, 5.74) is 12.5. The molecule has 236 valence electrons. The van der Waals surface area contributed by atoms with Gasteiger partial charge < -0.3 is 32.1 Å². The maximum Gasteiger partial charge on any atom is 0.317 e. The van der Waals surface area contributed by atoms with E-state index in [4.69, 9.17) is 11.5 Å². The van der Waals surface area contributed by atoms with Crippen molar-refractivity contribution in [1.82, 2.24) is 20.5 Å². The highest BCUT2D eigenvalue weighted by molar-refractivity contribution is 5.99. The van der Waals surface area contributed by atoms with Crippen molar-refractivity contribution in [2.75, 3.05) is 13.1 Å². The van der Waals surface area contributed by atoms with E-state index in [1.54, 1.807) is 30.3 Å². The van der Waals surface area contributed by atoms with Gasteiger partial charge in [-0.05, 0) is 50.8 Å². The van der Waals surface area contributed by atoms with Gasteiger partial charge in [0.2, 0.25) is 11.8 Å². The number of nitrogens with zero attached hydrogens (tertiary/aromatic N) is 2. The second-order valence-corrected chi connectivity index (χ2v) is 12.6. The molecule has 5 amide bonds. The van der Waals surface area contributed by atoms with Crippen LogP contribution in [0.2, 0.25) is 0 Å². The van der Waals surface area contributed by atoms with Gasteiger partial charge in [0, 0.05) is 29.9 Å². The quantitative estimate of drug-likeness (QED) is 0.200. The number of hydrogen-bond donors (Lipinski definition) is 5. The summed E-state index contributed by atoms with van der Waals surface area (Å²) >= 11 is 0. The predicted octanol–water partition coefficient (Wildman–Crippen LogP) is 2.61. The molecule has 0 bridgehead atoms. The molecule has 3 aromatic rings. The number of hydrogen-bond acceptors (Lipinski definition) is 6. The molecule has 0 saturated carbocycles. The molecule has 0 aliphatic heterocycles. The zero-order valence-corrected chi connectivity index (χ0v) is 26.0. The van der Waals surface area contributed by atoms with Gasteiger partial charge in [-0.15, -0.1) is 0 Å². The number of carbonyl (C=O) groups is 4. The molecule has 1 aromatic heterocycles. The summed E-state index contributed by atoms with van der Waals surface area (Å²) < 4.78 is 0. The monoisotopic (exact) mass is 604 g/mol. The third-order valence-electron chi connectivity index (χ3n) is 7.14. The third kappa shape index (κ3) is 9.50. The minimum absolute atomic E-state index is 0.0142. The van der Waals surface area contributed by atoms with Crippen molar-refractivity contribution in [3.8, 4) is 0 Å².